The van der Waals surface area contributed by atoms with Crippen LogP contribution in [0.3, 0.4) is 0 Å². The Balaban J connectivity index is 2.73. The summed E-state index contributed by atoms with van der Waals surface area (Å²) < 4.78 is 0. The molecular weight excluding hydrogens is 204 g/mol. The maximum Gasteiger partial charge on any atom is 0.339 e. The Morgan fingerprint density at radius 3 is 2.75 bits per heavy atom. The molecule has 0 saturated heterocycles. The zero-order valence-corrected chi connectivity index (χ0v) is 9.31. The number of carboxylic acid groups (broad SMARTS) is 1. The number of hydrogen-bond donors (Lipinski definition) is 2. The van der Waals surface area contributed by atoms with Crippen LogP contribution in [0, 0.1) is 0 Å². The predicted molar refractivity (Wildman–Crippen MR) is 63.6 cm³/mol. The van der Waals surface area contributed by atoms with Crippen molar-refractivity contribution in [3.8, 4) is 5.75 Å². The van der Waals surface area contributed by atoms with Crippen molar-refractivity contribution in [1.82, 2.24) is 0 Å². The molecule has 16 heavy (non-hydrogen) atoms. The van der Waals surface area contributed by atoms with E-state index in [-0.39, 0.29) is 11.3 Å². The summed E-state index contributed by atoms with van der Waals surface area (Å²) in [4.78, 5) is 10.7. The summed E-state index contributed by atoms with van der Waals surface area (Å²) in [5.74, 6) is -1.30. The predicted octanol–water partition coefficient (Wildman–Crippen LogP) is 3.29. The molecule has 1 aromatic rings. The van der Waals surface area contributed by atoms with Crippen molar-refractivity contribution in [3.05, 3.63) is 35.4 Å². The topological polar surface area (TPSA) is 57.5 Å². The average Bonchev–Trinajstić information content (AvgIpc) is 2.24. The number of rotatable bonds is 5. The largest absolute Gasteiger partial charge is 0.507 e. The second-order valence-corrected chi connectivity index (χ2v) is 3.63. The van der Waals surface area contributed by atoms with Gasteiger partial charge < -0.3 is 10.2 Å². The third-order valence-corrected chi connectivity index (χ3v) is 2.29. The second kappa shape index (κ2) is 5.95. The number of unbranched alkanes of at least 4 members (excludes halogenated alkanes) is 2. The third-order valence-electron chi connectivity index (χ3n) is 2.29. The summed E-state index contributed by atoms with van der Waals surface area (Å²) in [6.07, 6.45) is 7.20. The highest BCUT2D eigenvalue weighted by molar-refractivity contribution is 5.91. The minimum absolute atomic E-state index is 0.0642. The fourth-order valence-electron chi connectivity index (χ4n) is 1.37. The molecular formula is C13H16O3. The lowest BCUT2D eigenvalue weighted by Gasteiger charge is -2.00. The molecule has 1 aromatic carbocycles. The molecule has 86 valence electrons. The molecule has 3 nitrogen and oxygen atoms in total. The van der Waals surface area contributed by atoms with Gasteiger partial charge in [0.15, 0.2) is 0 Å². The van der Waals surface area contributed by atoms with Crippen LogP contribution >= 0.6 is 0 Å². The summed E-state index contributed by atoms with van der Waals surface area (Å²) >= 11 is 0. The molecule has 0 aromatic heterocycles. The van der Waals surface area contributed by atoms with Gasteiger partial charge in [0.2, 0.25) is 0 Å². The second-order valence-electron chi connectivity index (χ2n) is 3.63. The molecule has 0 fully saturated rings. The number of carbonyl (C=O) groups is 1. The van der Waals surface area contributed by atoms with Gasteiger partial charge in [0, 0.05) is 0 Å². The molecule has 0 aliphatic carbocycles. The number of phenols is 1. The fraction of sp³-hybridized carbons (Fsp3) is 0.308. The van der Waals surface area contributed by atoms with E-state index in [1.807, 2.05) is 12.2 Å². The van der Waals surface area contributed by atoms with Crippen LogP contribution in [0.5, 0.6) is 5.75 Å². The Bertz CT molecular complexity index is 394. The normalized spacial score (nSPS) is 10.8. The van der Waals surface area contributed by atoms with Gasteiger partial charge in [-0.3, -0.25) is 0 Å². The van der Waals surface area contributed by atoms with Crippen molar-refractivity contribution >= 4 is 12.0 Å². The molecule has 3 heteroatoms. The molecule has 0 unspecified atom stereocenters. The van der Waals surface area contributed by atoms with Gasteiger partial charge >= 0.3 is 5.97 Å². The van der Waals surface area contributed by atoms with Crippen LogP contribution in [-0.2, 0) is 0 Å². The minimum Gasteiger partial charge on any atom is -0.507 e. The first-order valence-electron chi connectivity index (χ1n) is 5.38. The number of benzene rings is 1. The quantitative estimate of drug-likeness (QED) is 0.748. The summed E-state index contributed by atoms with van der Waals surface area (Å²) in [7, 11) is 0. The first-order valence-corrected chi connectivity index (χ1v) is 5.38. The van der Waals surface area contributed by atoms with Crippen LogP contribution in [0.2, 0.25) is 0 Å². The molecule has 0 spiro atoms. The lowest BCUT2D eigenvalue weighted by molar-refractivity contribution is 0.0694. The maximum atomic E-state index is 10.7. The smallest absolute Gasteiger partial charge is 0.339 e. The Labute approximate surface area is 95.0 Å². The molecule has 0 amide bonds. The number of carboxylic acids is 1. The maximum absolute atomic E-state index is 10.7. The molecule has 0 radical (unpaired) electrons. The van der Waals surface area contributed by atoms with Crippen molar-refractivity contribution < 1.29 is 15.0 Å². The van der Waals surface area contributed by atoms with Gasteiger partial charge in [-0.2, -0.15) is 0 Å². The average molecular weight is 220 g/mol. The highest BCUT2D eigenvalue weighted by Gasteiger charge is 2.08. The Hall–Kier alpha value is -1.77. The van der Waals surface area contributed by atoms with E-state index in [1.165, 1.54) is 12.1 Å². The molecule has 0 bridgehead atoms. The van der Waals surface area contributed by atoms with E-state index in [2.05, 4.69) is 6.92 Å². The number of aromatic hydroxyl groups is 1. The van der Waals surface area contributed by atoms with Gasteiger partial charge in [0.05, 0.1) is 0 Å². The highest BCUT2D eigenvalue weighted by Crippen LogP contribution is 2.19. The van der Waals surface area contributed by atoms with Crippen LogP contribution in [0.4, 0.5) is 0 Å². The van der Waals surface area contributed by atoms with Gasteiger partial charge in [-0.05, 0) is 24.1 Å². The fourth-order valence-corrected chi connectivity index (χ4v) is 1.37. The first kappa shape index (κ1) is 12.3. The molecule has 0 atom stereocenters. The van der Waals surface area contributed by atoms with Crippen molar-refractivity contribution in [2.45, 2.75) is 26.2 Å². The summed E-state index contributed by atoms with van der Waals surface area (Å²) in [6.45, 7) is 2.13. The molecule has 0 heterocycles. The van der Waals surface area contributed by atoms with E-state index >= 15 is 0 Å². The summed E-state index contributed by atoms with van der Waals surface area (Å²) in [6, 6.07) is 4.56. The van der Waals surface area contributed by atoms with Crippen molar-refractivity contribution in [2.75, 3.05) is 0 Å². The van der Waals surface area contributed by atoms with Crippen LogP contribution in [0.15, 0.2) is 24.3 Å². The van der Waals surface area contributed by atoms with E-state index in [4.69, 9.17) is 5.11 Å². The van der Waals surface area contributed by atoms with Gasteiger partial charge in [-0.1, -0.05) is 38.0 Å². The van der Waals surface area contributed by atoms with Crippen LogP contribution in [0.25, 0.3) is 6.08 Å². The summed E-state index contributed by atoms with van der Waals surface area (Å²) in [5, 5.41) is 18.2. The SMILES string of the molecule is CCCC/C=C/c1ccc(C(=O)O)c(O)c1. The zero-order valence-electron chi connectivity index (χ0n) is 9.31. The first-order chi connectivity index (χ1) is 7.65. The minimum atomic E-state index is -1.11. The van der Waals surface area contributed by atoms with Crippen molar-refractivity contribution in [1.29, 1.82) is 0 Å². The number of allylic oxidation sites excluding steroid dienone is 1. The lowest BCUT2D eigenvalue weighted by Crippen LogP contribution is -1.96. The number of aromatic carboxylic acids is 1. The van der Waals surface area contributed by atoms with Crippen LogP contribution in [0.1, 0.15) is 42.1 Å². The van der Waals surface area contributed by atoms with E-state index in [9.17, 15) is 9.90 Å². The monoisotopic (exact) mass is 220 g/mol. The molecule has 0 saturated carbocycles. The standard InChI is InChI=1S/C13H16O3/c1-2-3-4-5-6-10-7-8-11(13(15)16)12(14)9-10/h5-9,14H,2-4H2,1H3,(H,15,16)/b6-5+. The van der Waals surface area contributed by atoms with Gasteiger partial charge in [-0.15, -0.1) is 0 Å². The van der Waals surface area contributed by atoms with E-state index < -0.39 is 5.97 Å². The Morgan fingerprint density at radius 1 is 1.44 bits per heavy atom. The highest BCUT2D eigenvalue weighted by atomic mass is 16.4. The van der Waals surface area contributed by atoms with E-state index in [0.29, 0.717) is 0 Å². The van der Waals surface area contributed by atoms with Gasteiger partial charge in [0.25, 0.3) is 0 Å². The molecule has 2 N–H and O–H groups in total. The molecule has 0 aliphatic heterocycles. The van der Waals surface area contributed by atoms with Gasteiger partial charge in [0.1, 0.15) is 11.3 Å². The molecule has 1 rings (SSSR count). The Morgan fingerprint density at radius 2 is 2.19 bits per heavy atom. The van der Waals surface area contributed by atoms with E-state index in [1.54, 1.807) is 6.07 Å². The van der Waals surface area contributed by atoms with Crippen LogP contribution in [-0.4, -0.2) is 16.2 Å². The van der Waals surface area contributed by atoms with E-state index in [0.717, 1.165) is 24.8 Å². The lowest BCUT2D eigenvalue weighted by atomic mass is 10.1. The third kappa shape index (κ3) is 3.42. The zero-order chi connectivity index (χ0) is 12.0. The summed E-state index contributed by atoms with van der Waals surface area (Å²) in [5.41, 5.74) is 0.754. The van der Waals surface area contributed by atoms with Crippen LogP contribution < -0.4 is 0 Å². The van der Waals surface area contributed by atoms with Crippen molar-refractivity contribution in [2.24, 2.45) is 0 Å². The number of hydrogen-bond acceptors (Lipinski definition) is 2. The Kier molecular flexibility index (Phi) is 4.58. The molecule has 0 aliphatic rings. The van der Waals surface area contributed by atoms with Crippen molar-refractivity contribution in [3.63, 3.8) is 0 Å². The van der Waals surface area contributed by atoms with Gasteiger partial charge in [-0.25, -0.2) is 4.79 Å².